The molecule has 0 bridgehead atoms. The van der Waals surface area contributed by atoms with Crippen molar-refractivity contribution in [2.24, 2.45) is 0 Å². The normalized spacial score (nSPS) is 17.6. The summed E-state index contributed by atoms with van der Waals surface area (Å²) in [6.45, 7) is 1.35. The molecule has 0 saturated carbocycles. The Morgan fingerprint density at radius 2 is 2.19 bits per heavy atom. The molecule has 1 N–H and O–H groups in total. The van der Waals surface area contributed by atoms with Gasteiger partial charge in [0.05, 0.1) is 6.10 Å². The van der Waals surface area contributed by atoms with Crippen LogP contribution in [-0.2, 0) is 4.74 Å². The number of anilines is 1. The first-order valence-corrected chi connectivity index (χ1v) is 6.78. The zero-order chi connectivity index (χ0) is 14.7. The van der Waals surface area contributed by atoms with Crippen LogP contribution in [0, 0.1) is 17.1 Å². The van der Waals surface area contributed by atoms with Crippen molar-refractivity contribution in [2.75, 3.05) is 18.5 Å². The summed E-state index contributed by atoms with van der Waals surface area (Å²) in [6.07, 6.45) is 2.18. The number of oxazole rings is 1. The minimum Gasteiger partial charge on any atom is -0.419 e. The summed E-state index contributed by atoms with van der Waals surface area (Å²) in [4.78, 5) is 4.12. The molecule has 1 aliphatic heterocycles. The first-order chi connectivity index (χ1) is 10.3. The number of nitrogens with zero attached hydrogens (tertiary/aromatic N) is 2. The number of hydrogen-bond acceptors (Lipinski definition) is 5. The smallest absolute Gasteiger partial charge is 0.232 e. The Kier molecular flexibility index (Phi) is 3.84. The van der Waals surface area contributed by atoms with Gasteiger partial charge in [-0.15, -0.1) is 0 Å². The maximum absolute atomic E-state index is 12.9. The maximum Gasteiger partial charge on any atom is 0.232 e. The van der Waals surface area contributed by atoms with E-state index in [0.29, 0.717) is 23.9 Å². The second kappa shape index (κ2) is 5.94. The molecule has 1 fully saturated rings. The van der Waals surface area contributed by atoms with Crippen LogP contribution < -0.4 is 5.32 Å². The van der Waals surface area contributed by atoms with Gasteiger partial charge < -0.3 is 14.5 Å². The number of rotatable bonds is 4. The van der Waals surface area contributed by atoms with Gasteiger partial charge in [0.25, 0.3) is 0 Å². The van der Waals surface area contributed by atoms with Gasteiger partial charge in [0.1, 0.15) is 11.9 Å². The topological polar surface area (TPSA) is 71.1 Å². The Morgan fingerprint density at radius 1 is 1.38 bits per heavy atom. The first kappa shape index (κ1) is 13.6. The molecule has 1 atom stereocenters. The second-order valence-corrected chi connectivity index (χ2v) is 4.83. The number of halogens is 1. The molecule has 0 spiro atoms. The predicted molar refractivity (Wildman–Crippen MR) is 74.1 cm³/mol. The monoisotopic (exact) mass is 287 g/mol. The van der Waals surface area contributed by atoms with E-state index in [1.165, 1.54) is 12.1 Å². The van der Waals surface area contributed by atoms with Gasteiger partial charge in [0.15, 0.2) is 0 Å². The highest BCUT2D eigenvalue weighted by Gasteiger charge is 2.19. The van der Waals surface area contributed by atoms with Crippen LogP contribution in [0.5, 0.6) is 0 Å². The van der Waals surface area contributed by atoms with Crippen LogP contribution in [0.4, 0.5) is 10.3 Å². The molecule has 0 radical (unpaired) electrons. The fraction of sp³-hybridized carbons (Fsp3) is 0.333. The fourth-order valence-corrected chi connectivity index (χ4v) is 2.24. The number of benzene rings is 1. The molecule has 1 saturated heterocycles. The third-order valence-electron chi connectivity index (χ3n) is 3.34. The van der Waals surface area contributed by atoms with Crippen molar-refractivity contribution in [3.8, 4) is 17.5 Å². The Morgan fingerprint density at radius 3 is 2.86 bits per heavy atom. The summed E-state index contributed by atoms with van der Waals surface area (Å²) in [6, 6.07) is 7.76. The summed E-state index contributed by atoms with van der Waals surface area (Å²) in [5.74, 6) is 0.288. The molecule has 21 heavy (non-hydrogen) atoms. The van der Waals surface area contributed by atoms with E-state index in [4.69, 9.17) is 14.4 Å². The lowest BCUT2D eigenvalue weighted by atomic mass is 10.2. The van der Waals surface area contributed by atoms with Crippen LogP contribution >= 0.6 is 0 Å². The van der Waals surface area contributed by atoms with E-state index < -0.39 is 0 Å². The van der Waals surface area contributed by atoms with Crippen LogP contribution in [-0.4, -0.2) is 24.2 Å². The van der Waals surface area contributed by atoms with E-state index in [0.717, 1.165) is 19.4 Å². The van der Waals surface area contributed by atoms with Crippen molar-refractivity contribution < 1.29 is 13.5 Å². The summed E-state index contributed by atoms with van der Waals surface area (Å²) >= 11 is 0. The lowest BCUT2D eigenvalue weighted by Gasteiger charge is -2.09. The van der Waals surface area contributed by atoms with Gasteiger partial charge in [-0.3, -0.25) is 0 Å². The Bertz CT molecular complexity index is 655. The van der Waals surface area contributed by atoms with Crippen LogP contribution in [0.2, 0.25) is 0 Å². The molecule has 2 heterocycles. The molecular formula is C15H14FN3O2. The second-order valence-electron chi connectivity index (χ2n) is 4.83. The predicted octanol–water partition coefficient (Wildman–Crippen LogP) is 2.94. The average Bonchev–Trinajstić information content (AvgIpc) is 3.15. The Balaban J connectivity index is 1.77. The molecule has 1 aromatic heterocycles. The van der Waals surface area contributed by atoms with Gasteiger partial charge in [-0.1, -0.05) is 0 Å². The molecule has 0 aliphatic carbocycles. The minimum atomic E-state index is -0.331. The van der Waals surface area contributed by atoms with E-state index in [2.05, 4.69) is 10.3 Å². The third-order valence-corrected chi connectivity index (χ3v) is 3.34. The molecule has 6 heteroatoms. The number of hydrogen-bond donors (Lipinski definition) is 1. The van der Waals surface area contributed by atoms with Crippen molar-refractivity contribution >= 4 is 5.88 Å². The van der Waals surface area contributed by atoms with Crippen molar-refractivity contribution in [2.45, 2.75) is 18.9 Å². The Hall–Kier alpha value is -2.39. The highest BCUT2D eigenvalue weighted by molar-refractivity contribution is 5.58. The summed E-state index contributed by atoms with van der Waals surface area (Å²) in [5, 5.41) is 12.2. The third kappa shape index (κ3) is 3.03. The molecule has 1 aliphatic rings. The molecule has 0 amide bonds. The maximum atomic E-state index is 12.9. The molecular weight excluding hydrogens is 273 g/mol. The summed E-state index contributed by atoms with van der Waals surface area (Å²) in [7, 11) is 0. The number of aromatic nitrogens is 1. The lowest BCUT2D eigenvalue weighted by molar-refractivity contribution is 0.120. The quantitative estimate of drug-likeness (QED) is 0.936. The minimum absolute atomic E-state index is 0.135. The number of ether oxygens (including phenoxy) is 1. The number of nitriles is 1. The van der Waals surface area contributed by atoms with Gasteiger partial charge in [0.2, 0.25) is 17.5 Å². The fourth-order valence-electron chi connectivity index (χ4n) is 2.24. The van der Waals surface area contributed by atoms with Crippen LogP contribution in [0.3, 0.4) is 0 Å². The molecule has 2 aromatic rings. The van der Waals surface area contributed by atoms with E-state index in [-0.39, 0.29) is 17.6 Å². The van der Waals surface area contributed by atoms with Gasteiger partial charge in [-0.05, 0) is 37.1 Å². The highest BCUT2D eigenvalue weighted by atomic mass is 19.1. The van der Waals surface area contributed by atoms with Crippen molar-refractivity contribution in [1.82, 2.24) is 4.98 Å². The van der Waals surface area contributed by atoms with E-state index >= 15 is 0 Å². The average molecular weight is 287 g/mol. The molecule has 5 nitrogen and oxygen atoms in total. The Labute approximate surface area is 121 Å². The lowest BCUT2D eigenvalue weighted by Crippen LogP contribution is -2.18. The molecule has 1 aromatic carbocycles. The van der Waals surface area contributed by atoms with Gasteiger partial charge in [-0.25, -0.2) is 4.39 Å². The van der Waals surface area contributed by atoms with E-state index in [1.807, 2.05) is 6.07 Å². The van der Waals surface area contributed by atoms with Crippen molar-refractivity contribution in [1.29, 1.82) is 5.26 Å². The van der Waals surface area contributed by atoms with Crippen LogP contribution in [0.1, 0.15) is 18.5 Å². The molecule has 3 rings (SSSR count). The zero-order valence-electron chi connectivity index (χ0n) is 11.3. The number of nitrogens with one attached hydrogen (secondary N) is 1. The highest BCUT2D eigenvalue weighted by Crippen LogP contribution is 2.26. The first-order valence-electron chi connectivity index (χ1n) is 6.78. The van der Waals surface area contributed by atoms with Gasteiger partial charge in [-0.2, -0.15) is 10.2 Å². The van der Waals surface area contributed by atoms with Gasteiger partial charge >= 0.3 is 0 Å². The van der Waals surface area contributed by atoms with E-state index in [9.17, 15) is 4.39 Å². The van der Waals surface area contributed by atoms with Crippen molar-refractivity contribution in [3.63, 3.8) is 0 Å². The summed E-state index contributed by atoms with van der Waals surface area (Å²) < 4.78 is 24.0. The molecule has 1 unspecified atom stereocenters. The van der Waals surface area contributed by atoms with Crippen molar-refractivity contribution in [3.05, 3.63) is 35.8 Å². The standard InChI is InChI=1S/C15H14FN3O2/c16-11-5-3-10(4-6-11)14-19-13(8-17)15(21-14)18-9-12-2-1-7-20-12/h3-6,12,18H,1-2,7,9H2. The van der Waals surface area contributed by atoms with E-state index in [1.54, 1.807) is 12.1 Å². The van der Waals surface area contributed by atoms with Gasteiger partial charge in [0, 0.05) is 18.7 Å². The van der Waals surface area contributed by atoms with Crippen LogP contribution in [0.25, 0.3) is 11.5 Å². The van der Waals surface area contributed by atoms with Crippen LogP contribution in [0.15, 0.2) is 28.7 Å². The zero-order valence-corrected chi connectivity index (χ0v) is 11.3. The SMILES string of the molecule is N#Cc1nc(-c2ccc(F)cc2)oc1NCC1CCCO1. The summed E-state index contributed by atoms with van der Waals surface area (Å²) in [5.41, 5.74) is 0.811. The largest absolute Gasteiger partial charge is 0.419 e. The molecule has 108 valence electrons.